The zero-order chi connectivity index (χ0) is 9.90. The van der Waals surface area contributed by atoms with Crippen molar-refractivity contribution in [2.75, 3.05) is 0 Å². The van der Waals surface area contributed by atoms with Crippen molar-refractivity contribution < 1.29 is 5.11 Å². The maximum absolute atomic E-state index is 9.92. The standard InChI is InChI=1S/C12H20O/c1-4-5-8-11(13)10-7-6-9-12(10,2)3/h1,10-11,13H,5-9H2,2-3H3. The van der Waals surface area contributed by atoms with Gasteiger partial charge in [0.15, 0.2) is 0 Å². The van der Waals surface area contributed by atoms with E-state index in [0.29, 0.717) is 17.8 Å². The van der Waals surface area contributed by atoms with Crippen molar-refractivity contribution in [1.29, 1.82) is 0 Å². The van der Waals surface area contributed by atoms with Gasteiger partial charge in [0.2, 0.25) is 0 Å². The molecule has 0 radical (unpaired) electrons. The zero-order valence-corrected chi connectivity index (χ0v) is 8.71. The molecule has 0 bridgehead atoms. The van der Waals surface area contributed by atoms with Crippen LogP contribution in [0.1, 0.15) is 46.0 Å². The first kappa shape index (κ1) is 10.6. The van der Waals surface area contributed by atoms with E-state index in [-0.39, 0.29) is 6.10 Å². The van der Waals surface area contributed by atoms with Gasteiger partial charge in [0, 0.05) is 6.42 Å². The summed E-state index contributed by atoms with van der Waals surface area (Å²) in [5.74, 6) is 3.05. The lowest BCUT2D eigenvalue weighted by atomic mass is 9.77. The quantitative estimate of drug-likeness (QED) is 0.662. The number of aliphatic hydroxyl groups excluding tert-OH is 1. The van der Waals surface area contributed by atoms with Crippen LogP contribution in [0, 0.1) is 23.7 Å². The molecule has 74 valence electrons. The first-order valence-corrected chi connectivity index (χ1v) is 5.19. The lowest BCUT2D eigenvalue weighted by molar-refractivity contribution is 0.0487. The van der Waals surface area contributed by atoms with E-state index in [1.54, 1.807) is 0 Å². The van der Waals surface area contributed by atoms with Crippen LogP contribution in [-0.2, 0) is 0 Å². The third-order valence-electron chi connectivity index (χ3n) is 3.39. The third-order valence-corrected chi connectivity index (χ3v) is 3.39. The molecule has 1 saturated carbocycles. The molecule has 0 aromatic heterocycles. The number of hydrogen-bond donors (Lipinski definition) is 1. The molecule has 0 aromatic rings. The summed E-state index contributed by atoms with van der Waals surface area (Å²) in [4.78, 5) is 0. The molecule has 13 heavy (non-hydrogen) atoms. The van der Waals surface area contributed by atoms with Crippen LogP contribution in [0.25, 0.3) is 0 Å². The highest BCUT2D eigenvalue weighted by molar-refractivity contribution is 4.91. The first-order valence-electron chi connectivity index (χ1n) is 5.19. The van der Waals surface area contributed by atoms with Gasteiger partial charge >= 0.3 is 0 Å². The van der Waals surface area contributed by atoms with Gasteiger partial charge in [-0.3, -0.25) is 0 Å². The Morgan fingerprint density at radius 1 is 1.62 bits per heavy atom. The fraction of sp³-hybridized carbons (Fsp3) is 0.833. The van der Waals surface area contributed by atoms with Gasteiger partial charge in [-0.2, -0.15) is 0 Å². The Morgan fingerprint density at radius 3 is 2.77 bits per heavy atom. The highest BCUT2D eigenvalue weighted by Crippen LogP contribution is 2.45. The maximum Gasteiger partial charge on any atom is 0.0582 e. The second-order valence-electron chi connectivity index (χ2n) is 4.80. The Kier molecular flexibility index (Phi) is 3.39. The van der Waals surface area contributed by atoms with Crippen molar-refractivity contribution in [2.24, 2.45) is 11.3 Å². The monoisotopic (exact) mass is 180 g/mol. The molecule has 2 unspecified atom stereocenters. The van der Waals surface area contributed by atoms with E-state index in [1.165, 1.54) is 19.3 Å². The largest absolute Gasteiger partial charge is 0.393 e. The van der Waals surface area contributed by atoms with E-state index in [1.807, 2.05) is 0 Å². The van der Waals surface area contributed by atoms with Crippen molar-refractivity contribution in [3.05, 3.63) is 0 Å². The smallest absolute Gasteiger partial charge is 0.0582 e. The summed E-state index contributed by atoms with van der Waals surface area (Å²) in [6.07, 6.45) is 10.1. The van der Waals surface area contributed by atoms with Crippen LogP contribution in [0.5, 0.6) is 0 Å². The van der Waals surface area contributed by atoms with E-state index in [9.17, 15) is 5.11 Å². The zero-order valence-electron chi connectivity index (χ0n) is 8.71. The molecule has 1 fully saturated rings. The van der Waals surface area contributed by atoms with Crippen LogP contribution < -0.4 is 0 Å². The topological polar surface area (TPSA) is 20.2 Å². The fourth-order valence-corrected chi connectivity index (χ4v) is 2.50. The van der Waals surface area contributed by atoms with Gasteiger partial charge in [-0.25, -0.2) is 0 Å². The summed E-state index contributed by atoms with van der Waals surface area (Å²) in [5.41, 5.74) is 0.314. The first-order chi connectivity index (χ1) is 6.08. The van der Waals surface area contributed by atoms with E-state index < -0.39 is 0 Å². The average molecular weight is 180 g/mol. The Hall–Kier alpha value is -0.480. The number of aliphatic hydroxyl groups is 1. The van der Waals surface area contributed by atoms with Gasteiger partial charge in [-0.1, -0.05) is 20.3 Å². The van der Waals surface area contributed by atoms with Crippen LogP contribution in [0.15, 0.2) is 0 Å². The maximum atomic E-state index is 9.92. The van der Waals surface area contributed by atoms with Crippen LogP contribution in [0.4, 0.5) is 0 Å². The summed E-state index contributed by atoms with van der Waals surface area (Å²) in [6, 6.07) is 0. The molecule has 0 aliphatic heterocycles. The molecule has 0 aromatic carbocycles. The highest BCUT2D eigenvalue weighted by atomic mass is 16.3. The van der Waals surface area contributed by atoms with Crippen molar-refractivity contribution in [3.8, 4) is 12.3 Å². The molecule has 1 nitrogen and oxygen atoms in total. The van der Waals surface area contributed by atoms with Gasteiger partial charge in [0.25, 0.3) is 0 Å². The summed E-state index contributed by atoms with van der Waals surface area (Å²) >= 11 is 0. The summed E-state index contributed by atoms with van der Waals surface area (Å²) in [7, 11) is 0. The molecular weight excluding hydrogens is 160 g/mol. The average Bonchev–Trinajstić information content (AvgIpc) is 2.41. The van der Waals surface area contributed by atoms with Crippen molar-refractivity contribution in [1.82, 2.24) is 0 Å². The number of hydrogen-bond acceptors (Lipinski definition) is 1. The van der Waals surface area contributed by atoms with E-state index in [4.69, 9.17) is 6.42 Å². The van der Waals surface area contributed by atoms with Crippen LogP contribution in [0.3, 0.4) is 0 Å². The van der Waals surface area contributed by atoms with Crippen LogP contribution in [-0.4, -0.2) is 11.2 Å². The predicted molar refractivity (Wildman–Crippen MR) is 55.2 cm³/mol. The van der Waals surface area contributed by atoms with Gasteiger partial charge in [0.05, 0.1) is 6.10 Å². The van der Waals surface area contributed by atoms with Crippen molar-refractivity contribution >= 4 is 0 Å². The molecule has 0 saturated heterocycles. The molecule has 2 atom stereocenters. The Bertz CT molecular complexity index is 200. The summed E-state index contributed by atoms with van der Waals surface area (Å²) in [5, 5.41) is 9.92. The van der Waals surface area contributed by atoms with Gasteiger partial charge in [-0.05, 0) is 30.6 Å². The van der Waals surface area contributed by atoms with Crippen LogP contribution in [0.2, 0.25) is 0 Å². The lowest BCUT2D eigenvalue weighted by Gasteiger charge is -2.30. The van der Waals surface area contributed by atoms with Gasteiger partial charge in [0.1, 0.15) is 0 Å². The molecule has 1 heteroatoms. The lowest BCUT2D eigenvalue weighted by Crippen LogP contribution is -2.29. The number of rotatable bonds is 3. The molecule has 1 rings (SSSR count). The third kappa shape index (κ3) is 2.48. The molecule has 0 heterocycles. The summed E-state index contributed by atoms with van der Waals surface area (Å²) in [6.45, 7) is 4.51. The van der Waals surface area contributed by atoms with E-state index in [0.717, 1.165) is 6.42 Å². The minimum absolute atomic E-state index is 0.187. The fourth-order valence-electron chi connectivity index (χ4n) is 2.50. The normalized spacial score (nSPS) is 28.3. The van der Waals surface area contributed by atoms with E-state index in [2.05, 4.69) is 19.8 Å². The van der Waals surface area contributed by atoms with Crippen molar-refractivity contribution in [2.45, 2.75) is 52.1 Å². The minimum atomic E-state index is -0.187. The van der Waals surface area contributed by atoms with Gasteiger partial charge in [-0.15, -0.1) is 12.3 Å². The molecular formula is C12H20O. The highest BCUT2D eigenvalue weighted by Gasteiger charge is 2.38. The molecule has 0 spiro atoms. The molecule has 1 aliphatic carbocycles. The Balaban J connectivity index is 2.47. The number of terminal acetylenes is 1. The van der Waals surface area contributed by atoms with Gasteiger partial charge < -0.3 is 5.11 Å². The molecule has 0 amide bonds. The SMILES string of the molecule is C#CCCC(O)C1CCCC1(C)C. The van der Waals surface area contributed by atoms with E-state index >= 15 is 0 Å². The second-order valence-corrected chi connectivity index (χ2v) is 4.80. The second kappa shape index (κ2) is 4.15. The summed E-state index contributed by atoms with van der Waals surface area (Å²) < 4.78 is 0. The minimum Gasteiger partial charge on any atom is -0.393 e. The molecule has 1 N–H and O–H groups in total. The Labute approximate surface area is 81.5 Å². The Morgan fingerprint density at radius 2 is 2.31 bits per heavy atom. The predicted octanol–water partition coefficient (Wildman–Crippen LogP) is 2.59. The van der Waals surface area contributed by atoms with Crippen LogP contribution >= 0.6 is 0 Å². The molecule has 1 aliphatic rings. The van der Waals surface area contributed by atoms with Crippen molar-refractivity contribution in [3.63, 3.8) is 0 Å².